The number of anilines is 1. The standard InChI is InChI=1S/C28H40N4O2S/c1-22-17-23(2)19-25(18-22)31-28(35)30-12-7-11-27(33)29-13-8-16-34-26-10-6-9-24(20-26)21-32-14-4-3-5-15-32/h6,9-10,17-20H,3-5,7-8,11-16,21H2,1-2H3,(H,29,33)(H2,30,31,35). The third-order valence-corrected chi connectivity index (χ3v) is 6.26. The average molecular weight is 497 g/mol. The zero-order valence-electron chi connectivity index (χ0n) is 21.2. The normalized spacial score (nSPS) is 13.8. The zero-order chi connectivity index (χ0) is 24.9. The number of rotatable bonds is 12. The SMILES string of the molecule is Cc1cc(C)cc(NC(=S)NCCCC(=O)NCCCOc2cccc(CN3CCCCC3)c2)c1. The fourth-order valence-corrected chi connectivity index (χ4v) is 4.58. The number of hydrogen-bond acceptors (Lipinski definition) is 4. The van der Waals surface area contributed by atoms with E-state index in [1.807, 2.05) is 6.07 Å². The van der Waals surface area contributed by atoms with Gasteiger partial charge in [0, 0.05) is 31.7 Å². The Morgan fingerprint density at radius 3 is 2.49 bits per heavy atom. The Balaban J connectivity index is 1.22. The number of nitrogens with zero attached hydrogens (tertiary/aromatic N) is 1. The Kier molecular flexibility index (Phi) is 11.3. The number of aryl methyl sites for hydroxylation is 2. The third kappa shape index (κ3) is 10.7. The zero-order valence-corrected chi connectivity index (χ0v) is 22.0. The van der Waals surface area contributed by atoms with Gasteiger partial charge in [-0.05, 0) is 106 Å². The van der Waals surface area contributed by atoms with Crippen molar-refractivity contribution in [3.63, 3.8) is 0 Å². The summed E-state index contributed by atoms with van der Waals surface area (Å²) in [5.41, 5.74) is 4.67. The molecule has 0 aliphatic carbocycles. The molecule has 1 saturated heterocycles. The maximum atomic E-state index is 12.1. The summed E-state index contributed by atoms with van der Waals surface area (Å²) in [5, 5.41) is 9.92. The van der Waals surface area contributed by atoms with E-state index >= 15 is 0 Å². The van der Waals surface area contributed by atoms with Gasteiger partial charge >= 0.3 is 0 Å². The largest absolute Gasteiger partial charge is 0.494 e. The molecular formula is C28H40N4O2S. The van der Waals surface area contributed by atoms with Crippen LogP contribution in [0.1, 0.15) is 55.2 Å². The number of likely N-dealkylation sites (tertiary alicyclic amines) is 1. The molecule has 0 aromatic heterocycles. The van der Waals surface area contributed by atoms with Gasteiger partial charge in [-0.3, -0.25) is 9.69 Å². The molecule has 1 heterocycles. The molecule has 3 rings (SSSR count). The molecule has 2 aromatic rings. The summed E-state index contributed by atoms with van der Waals surface area (Å²) in [5.74, 6) is 0.964. The monoisotopic (exact) mass is 496 g/mol. The van der Waals surface area contributed by atoms with Crippen LogP contribution in [0.5, 0.6) is 5.75 Å². The lowest BCUT2D eigenvalue weighted by Gasteiger charge is -2.26. The molecule has 3 N–H and O–H groups in total. The first-order valence-electron chi connectivity index (χ1n) is 12.8. The number of ether oxygens (including phenoxy) is 1. The first kappa shape index (κ1) is 27.0. The fraction of sp³-hybridized carbons (Fsp3) is 0.500. The molecule has 1 aliphatic heterocycles. The molecule has 1 fully saturated rings. The molecule has 1 amide bonds. The van der Waals surface area contributed by atoms with Gasteiger partial charge in [0.05, 0.1) is 6.61 Å². The maximum Gasteiger partial charge on any atom is 0.220 e. The van der Waals surface area contributed by atoms with E-state index in [1.165, 1.54) is 49.0 Å². The van der Waals surface area contributed by atoms with Gasteiger partial charge < -0.3 is 20.7 Å². The van der Waals surface area contributed by atoms with Crippen molar-refractivity contribution >= 4 is 28.9 Å². The number of carbonyl (C=O) groups excluding carboxylic acids is 1. The van der Waals surface area contributed by atoms with Crippen molar-refractivity contribution in [2.75, 3.05) is 38.1 Å². The number of hydrogen-bond donors (Lipinski definition) is 3. The van der Waals surface area contributed by atoms with Crippen LogP contribution in [-0.2, 0) is 11.3 Å². The summed E-state index contributed by atoms with van der Waals surface area (Å²) >= 11 is 5.35. The van der Waals surface area contributed by atoms with Crippen LogP contribution in [-0.4, -0.2) is 48.7 Å². The van der Waals surface area contributed by atoms with Gasteiger partial charge in [0.2, 0.25) is 5.91 Å². The summed E-state index contributed by atoms with van der Waals surface area (Å²) in [6.45, 7) is 9.37. The summed E-state index contributed by atoms with van der Waals surface area (Å²) in [7, 11) is 0. The molecule has 0 unspecified atom stereocenters. The second-order valence-corrected chi connectivity index (χ2v) is 9.81. The van der Waals surface area contributed by atoms with Gasteiger partial charge in [-0.2, -0.15) is 0 Å². The smallest absolute Gasteiger partial charge is 0.220 e. The van der Waals surface area contributed by atoms with Crippen molar-refractivity contribution in [2.45, 2.75) is 58.9 Å². The van der Waals surface area contributed by atoms with E-state index in [2.05, 4.69) is 71.1 Å². The minimum atomic E-state index is 0.0588. The van der Waals surface area contributed by atoms with Crippen molar-refractivity contribution in [2.24, 2.45) is 0 Å². The molecule has 0 spiro atoms. The summed E-state index contributed by atoms with van der Waals surface area (Å²) in [6, 6.07) is 14.6. The van der Waals surface area contributed by atoms with Crippen molar-refractivity contribution in [3.8, 4) is 5.75 Å². The van der Waals surface area contributed by atoms with Crippen LogP contribution in [0.2, 0.25) is 0 Å². The predicted molar refractivity (Wildman–Crippen MR) is 148 cm³/mol. The maximum absolute atomic E-state index is 12.1. The molecule has 1 aliphatic rings. The van der Waals surface area contributed by atoms with E-state index < -0.39 is 0 Å². The summed E-state index contributed by atoms with van der Waals surface area (Å²) < 4.78 is 5.90. The molecule has 6 nitrogen and oxygen atoms in total. The molecule has 35 heavy (non-hydrogen) atoms. The predicted octanol–water partition coefficient (Wildman–Crippen LogP) is 4.94. The van der Waals surface area contributed by atoms with Crippen molar-refractivity contribution < 1.29 is 9.53 Å². The highest BCUT2D eigenvalue weighted by Crippen LogP contribution is 2.18. The quantitative estimate of drug-likeness (QED) is 0.286. The highest BCUT2D eigenvalue weighted by atomic mass is 32.1. The Morgan fingerprint density at radius 2 is 1.71 bits per heavy atom. The molecular weight excluding hydrogens is 456 g/mol. The van der Waals surface area contributed by atoms with Gasteiger partial charge in [-0.1, -0.05) is 24.6 Å². The molecule has 0 bridgehead atoms. The third-order valence-electron chi connectivity index (χ3n) is 6.01. The van der Waals surface area contributed by atoms with Crippen LogP contribution in [0, 0.1) is 13.8 Å². The van der Waals surface area contributed by atoms with E-state index in [9.17, 15) is 4.79 Å². The van der Waals surface area contributed by atoms with Crippen LogP contribution < -0.4 is 20.7 Å². The van der Waals surface area contributed by atoms with Gasteiger partial charge in [-0.25, -0.2) is 0 Å². The Labute approximate surface area is 215 Å². The summed E-state index contributed by atoms with van der Waals surface area (Å²) in [4.78, 5) is 14.6. The van der Waals surface area contributed by atoms with Crippen LogP contribution in [0.3, 0.4) is 0 Å². The topological polar surface area (TPSA) is 65.6 Å². The average Bonchev–Trinajstić information content (AvgIpc) is 2.82. The highest BCUT2D eigenvalue weighted by molar-refractivity contribution is 7.80. The molecule has 0 saturated carbocycles. The van der Waals surface area contributed by atoms with E-state index in [4.69, 9.17) is 17.0 Å². The first-order valence-corrected chi connectivity index (χ1v) is 13.2. The van der Waals surface area contributed by atoms with Crippen molar-refractivity contribution in [3.05, 3.63) is 59.2 Å². The number of benzene rings is 2. The fourth-order valence-electron chi connectivity index (χ4n) is 4.36. The first-order chi connectivity index (χ1) is 17.0. The molecule has 2 aromatic carbocycles. The number of nitrogens with one attached hydrogen (secondary N) is 3. The Hall–Kier alpha value is -2.64. The Morgan fingerprint density at radius 1 is 0.971 bits per heavy atom. The van der Waals surface area contributed by atoms with Crippen LogP contribution in [0.4, 0.5) is 5.69 Å². The minimum Gasteiger partial charge on any atom is -0.494 e. The van der Waals surface area contributed by atoms with Gasteiger partial charge in [0.15, 0.2) is 5.11 Å². The van der Waals surface area contributed by atoms with E-state index in [0.717, 1.165) is 30.8 Å². The van der Waals surface area contributed by atoms with Crippen LogP contribution in [0.25, 0.3) is 0 Å². The van der Waals surface area contributed by atoms with E-state index in [-0.39, 0.29) is 5.91 Å². The molecule has 0 atom stereocenters. The summed E-state index contributed by atoms with van der Waals surface area (Å²) in [6.07, 6.45) is 5.93. The van der Waals surface area contributed by atoms with E-state index in [0.29, 0.717) is 31.2 Å². The highest BCUT2D eigenvalue weighted by Gasteiger charge is 2.10. The second kappa shape index (κ2) is 14.7. The van der Waals surface area contributed by atoms with E-state index in [1.54, 1.807) is 0 Å². The number of thiocarbonyl (C=S) groups is 1. The van der Waals surface area contributed by atoms with Crippen molar-refractivity contribution in [1.29, 1.82) is 0 Å². The molecule has 7 heteroatoms. The minimum absolute atomic E-state index is 0.0588. The Bertz CT molecular complexity index is 939. The lowest BCUT2D eigenvalue weighted by molar-refractivity contribution is -0.121. The number of carbonyl (C=O) groups is 1. The lowest BCUT2D eigenvalue weighted by Crippen LogP contribution is -2.31. The molecule has 190 valence electrons. The van der Waals surface area contributed by atoms with Crippen LogP contribution >= 0.6 is 12.2 Å². The van der Waals surface area contributed by atoms with Gasteiger partial charge in [0.1, 0.15) is 5.75 Å². The second-order valence-electron chi connectivity index (χ2n) is 9.40. The van der Waals surface area contributed by atoms with Crippen molar-refractivity contribution in [1.82, 2.24) is 15.5 Å². The lowest BCUT2D eigenvalue weighted by atomic mass is 10.1. The number of amides is 1. The van der Waals surface area contributed by atoms with Gasteiger partial charge in [0.25, 0.3) is 0 Å². The van der Waals surface area contributed by atoms with Gasteiger partial charge in [-0.15, -0.1) is 0 Å². The number of piperidine rings is 1. The van der Waals surface area contributed by atoms with Crippen LogP contribution in [0.15, 0.2) is 42.5 Å². The molecule has 0 radical (unpaired) electrons.